The molecule has 1 rings (SSSR count). The van der Waals surface area contributed by atoms with Gasteiger partial charge in [0.05, 0.1) is 0 Å². The van der Waals surface area contributed by atoms with Gasteiger partial charge in [-0.1, -0.05) is 6.04 Å². The number of hydrogen-bond donors (Lipinski definition) is 0. The molecule has 1 saturated heterocycles. The SMILES string of the molecule is COC(OC)[Si]CCCN1CCN(CCN(C)C)CC1. The average molecular weight is 302 g/mol. The Kier molecular flexibility index (Phi) is 9.67. The van der Waals surface area contributed by atoms with Gasteiger partial charge in [-0.3, -0.25) is 4.90 Å². The third-order valence-electron chi connectivity index (χ3n) is 3.72. The third kappa shape index (κ3) is 7.71. The molecule has 0 atom stereocenters. The average Bonchev–Trinajstić information content (AvgIpc) is 2.46. The van der Waals surface area contributed by atoms with Crippen molar-refractivity contribution in [2.75, 3.05) is 74.1 Å². The summed E-state index contributed by atoms with van der Waals surface area (Å²) in [5.74, 6) is -0.00196. The summed E-state index contributed by atoms with van der Waals surface area (Å²) in [7, 11) is 8.47. The Morgan fingerprint density at radius 3 is 2.05 bits per heavy atom. The maximum absolute atomic E-state index is 5.22. The Balaban J connectivity index is 2.02. The monoisotopic (exact) mass is 301 g/mol. The minimum atomic E-state index is -0.00196. The minimum absolute atomic E-state index is 0.00196. The van der Waals surface area contributed by atoms with Gasteiger partial charge in [0.2, 0.25) is 0 Å². The van der Waals surface area contributed by atoms with E-state index in [0.717, 1.165) is 16.1 Å². The van der Waals surface area contributed by atoms with Gasteiger partial charge in [0.25, 0.3) is 0 Å². The molecule has 2 radical (unpaired) electrons. The Bertz CT molecular complexity index is 232. The molecule has 1 heterocycles. The maximum Gasteiger partial charge on any atom is 0.136 e. The first-order valence-corrected chi connectivity index (χ1v) is 8.82. The molecule has 118 valence electrons. The lowest BCUT2D eigenvalue weighted by molar-refractivity contribution is -0.0441. The third-order valence-corrected chi connectivity index (χ3v) is 5.17. The van der Waals surface area contributed by atoms with Crippen LogP contribution in [0.1, 0.15) is 6.42 Å². The van der Waals surface area contributed by atoms with Crippen LogP contribution in [0.15, 0.2) is 0 Å². The van der Waals surface area contributed by atoms with Crippen molar-refractivity contribution in [3.63, 3.8) is 0 Å². The molecule has 0 aliphatic carbocycles. The van der Waals surface area contributed by atoms with Gasteiger partial charge in [0.15, 0.2) is 0 Å². The summed E-state index contributed by atoms with van der Waals surface area (Å²) in [6.07, 6.45) is 1.25. The van der Waals surface area contributed by atoms with Crippen LogP contribution in [0.2, 0.25) is 6.04 Å². The van der Waals surface area contributed by atoms with Crippen molar-refractivity contribution >= 4 is 9.52 Å². The van der Waals surface area contributed by atoms with Crippen LogP contribution in [0.3, 0.4) is 0 Å². The summed E-state index contributed by atoms with van der Waals surface area (Å²) in [6.45, 7) is 8.45. The summed E-state index contributed by atoms with van der Waals surface area (Å²) >= 11 is 0. The highest BCUT2D eigenvalue weighted by Gasteiger charge is 2.16. The van der Waals surface area contributed by atoms with E-state index >= 15 is 0 Å². The zero-order valence-electron chi connectivity index (χ0n) is 13.6. The van der Waals surface area contributed by atoms with E-state index in [-0.39, 0.29) is 5.91 Å². The second-order valence-electron chi connectivity index (χ2n) is 5.60. The number of ether oxygens (including phenoxy) is 2. The van der Waals surface area contributed by atoms with Crippen LogP contribution in [0.5, 0.6) is 0 Å². The molecule has 5 nitrogen and oxygen atoms in total. The summed E-state index contributed by atoms with van der Waals surface area (Å²) in [5, 5.41) is 0. The molecule has 0 N–H and O–H groups in total. The van der Waals surface area contributed by atoms with Gasteiger partial charge in [0, 0.05) is 53.5 Å². The fourth-order valence-electron chi connectivity index (χ4n) is 2.36. The first-order chi connectivity index (χ1) is 9.65. The van der Waals surface area contributed by atoms with E-state index in [1.165, 1.54) is 51.7 Å². The second kappa shape index (κ2) is 10.7. The highest BCUT2D eigenvalue weighted by molar-refractivity contribution is 6.36. The largest absolute Gasteiger partial charge is 0.360 e. The topological polar surface area (TPSA) is 28.2 Å². The van der Waals surface area contributed by atoms with Crippen molar-refractivity contribution < 1.29 is 9.47 Å². The van der Waals surface area contributed by atoms with Crippen LogP contribution >= 0.6 is 0 Å². The fourth-order valence-corrected chi connectivity index (χ4v) is 3.29. The van der Waals surface area contributed by atoms with Crippen molar-refractivity contribution in [1.29, 1.82) is 0 Å². The molecule has 6 heteroatoms. The van der Waals surface area contributed by atoms with Crippen molar-refractivity contribution in [3.05, 3.63) is 0 Å². The van der Waals surface area contributed by atoms with Crippen LogP contribution in [-0.2, 0) is 9.47 Å². The molecule has 1 aliphatic rings. The summed E-state index contributed by atoms with van der Waals surface area (Å²) in [4.78, 5) is 7.42. The summed E-state index contributed by atoms with van der Waals surface area (Å²) in [6, 6.07) is 1.20. The van der Waals surface area contributed by atoms with Gasteiger partial charge in [-0.25, -0.2) is 0 Å². The van der Waals surface area contributed by atoms with E-state index < -0.39 is 0 Å². The molecule has 0 aromatic rings. The maximum atomic E-state index is 5.22. The number of hydrogen-bond acceptors (Lipinski definition) is 5. The van der Waals surface area contributed by atoms with Gasteiger partial charge >= 0.3 is 0 Å². The number of likely N-dealkylation sites (N-methyl/N-ethyl adjacent to an activating group) is 1. The van der Waals surface area contributed by atoms with Crippen LogP contribution in [0.4, 0.5) is 0 Å². The number of methoxy groups -OCH3 is 2. The lowest BCUT2D eigenvalue weighted by atomic mass is 10.3. The Labute approximate surface area is 127 Å². The summed E-state index contributed by atoms with van der Waals surface area (Å²) < 4.78 is 10.4. The van der Waals surface area contributed by atoms with E-state index in [9.17, 15) is 0 Å². The van der Waals surface area contributed by atoms with E-state index in [1.54, 1.807) is 14.2 Å². The molecule has 0 saturated carbocycles. The fraction of sp³-hybridized carbons (Fsp3) is 1.00. The zero-order chi connectivity index (χ0) is 14.8. The minimum Gasteiger partial charge on any atom is -0.360 e. The first-order valence-electron chi connectivity index (χ1n) is 7.54. The van der Waals surface area contributed by atoms with Gasteiger partial charge in [0.1, 0.15) is 15.4 Å². The number of rotatable bonds is 10. The molecule has 0 aromatic carbocycles. The first kappa shape index (κ1) is 18.1. The van der Waals surface area contributed by atoms with Gasteiger partial charge in [-0.15, -0.1) is 0 Å². The Morgan fingerprint density at radius 1 is 1.00 bits per heavy atom. The van der Waals surface area contributed by atoms with Crippen LogP contribution < -0.4 is 0 Å². The van der Waals surface area contributed by atoms with Gasteiger partial charge < -0.3 is 19.3 Å². The second-order valence-corrected chi connectivity index (χ2v) is 6.98. The number of nitrogens with zero attached hydrogens (tertiary/aromatic N) is 3. The van der Waals surface area contributed by atoms with E-state index in [1.807, 2.05) is 0 Å². The highest BCUT2D eigenvalue weighted by Crippen LogP contribution is 2.04. The van der Waals surface area contributed by atoms with Crippen LogP contribution in [-0.4, -0.2) is 104 Å². The molecule has 1 fully saturated rings. The standard InChI is InChI=1S/C14H31N3O2Si/c1-15(2)7-8-17-11-9-16(10-12-17)6-5-13-20-14(18-3)19-4/h14H,5-13H2,1-4H3. The molecule has 0 aromatic heterocycles. The van der Waals surface area contributed by atoms with E-state index in [2.05, 4.69) is 28.8 Å². The van der Waals surface area contributed by atoms with E-state index in [4.69, 9.17) is 9.47 Å². The highest BCUT2D eigenvalue weighted by atomic mass is 28.2. The Hall–Kier alpha value is 0.0169. The predicted octanol–water partition coefficient (Wildman–Crippen LogP) is 0.255. The Morgan fingerprint density at radius 2 is 1.55 bits per heavy atom. The number of piperazine rings is 1. The van der Waals surface area contributed by atoms with Crippen molar-refractivity contribution in [2.45, 2.75) is 18.4 Å². The molecular formula is C14H31N3O2Si. The quantitative estimate of drug-likeness (QED) is 0.328. The molecule has 1 aliphatic heterocycles. The molecule has 20 heavy (non-hydrogen) atoms. The molecular weight excluding hydrogens is 270 g/mol. The van der Waals surface area contributed by atoms with Crippen LogP contribution in [0.25, 0.3) is 0 Å². The van der Waals surface area contributed by atoms with Gasteiger partial charge in [-0.05, 0) is 27.1 Å². The van der Waals surface area contributed by atoms with Crippen molar-refractivity contribution in [3.8, 4) is 0 Å². The smallest absolute Gasteiger partial charge is 0.136 e. The predicted molar refractivity (Wildman–Crippen MR) is 84.4 cm³/mol. The molecule has 0 bridgehead atoms. The van der Waals surface area contributed by atoms with Crippen molar-refractivity contribution in [1.82, 2.24) is 14.7 Å². The van der Waals surface area contributed by atoms with Gasteiger partial charge in [-0.2, -0.15) is 0 Å². The van der Waals surface area contributed by atoms with Crippen LogP contribution in [0, 0.1) is 0 Å². The molecule has 0 unspecified atom stereocenters. The lowest BCUT2D eigenvalue weighted by Gasteiger charge is -2.35. The summed E-state index contributed by atoms with van der Waals surface area (Å²) in [5.41, 5.74) is 0. The lowest BCUT2D eigenvalue weighted by Crippen LogP contribution is -2.48. The van der Waals surface area contributed by atoms with Crippen molar-refractivity contribution in [2.24, 2.45) is 0 Å². The molecule has 0 spiro atoms. The normalized spacial score (nSPS) is 18.3. The van der Waals surface area contributed by atoms with E-state index in [0.29, 0.717) is 0 Å². The zero-order valence-corrected chi connectivity index (χ0v) is 14.6. The molecule has 0 amide bonds.